The summed E-state index contributed by atoms with van der Waals surface area (Å²) in [6.45, 7) is 6.72. The highest BCUT2D eigenvalue weighted by molar-refractivity contribution is 7.80. The fourth-order valence-electron chi connectivity index (χ4n) is 2.39. The van der Waals surface area contributed by atoms with Crippen molar-refractivity contribution in [2.24, 2.45) is 0 Å². The molecule has 24 heavy (non-hydrogen) atoms. The first-order valence-electron chi connectivity index (χ1n) is 7.55. The fraction of sp³-hybridized carbons (Fsp3) is 0.353. The van der Waals surface area contributed by atoms with E-state index in [0.717, 1.165) is 5.56 Å². The van der Waals surface area contributed by atoms with Crippen molar-refractivity contribution >= 4 is 29.3 Å². The fourth-order valence-corrected chi connectivity index (χ4v) is 2.66. The molecule has 7 heteroatoms. The molecule has 0 spiro atoms. The number of benzene rings is 1. The zero-order chi connectivity index (χ0) is 17.9. The molecule has 0 amide bonds. The number of carbonyl (C=O) groups excluding carboxylic acids is 2. The molecule has 1 unspecified atom stereocenters. The molecular weight excluding hydrogens is 328 g/mol. The molecule has 0 aliphatic carbocycles. The van der Waals surface area contributed by atoms with Crippen molar-refractivity contribution in [1.82, 2.24) is 10.6 Å². The van der Waals surface area contributed by atoms with Gasteiger partial charge in [-0.05, 0) is 50.7 Å². The van der Waals surface area contributed by atoms with Gasteiger partial charge in [0, 0.05) is 12.6 Å². The Labute approximate surface area is 146 Å². The Kier molecular flexibility index (Phi) is 5.56. The molecule has 1 aromatic rings. The van der Waals surface area contributed by atoms with Crippen molar-refractivity contribution in [3.63, 3.8) is 0 Å². The highest BCUT2D eigenvalue weighted by atomic mass is 32.1. The zero-order valence-corrected chi connectivity index (χ0v) is 14.8. The number of hydrogen-bond acceptors (Lipinski definition) is 5. The van der Waals surface area contributed by atoms with Crippen LogP contribution in [0, 0.1) is 0 Å². The van der Waals surface area contributed by atoms with Gasteiger partial charge >= 0.3 is 11.9 Å². The molecule has 1 heterocycles. The van der Waals surface area contributed by atoms with Crippen LogP contribution in [-0.4, -0.2) is 23.2 Å². The quantitative estimate of drug-likeness (QED) is 0.491. The van der Waals surface area contributed by atoms with Crippen molar-refractivity contribution in [3.8, 4) is 5.75 Å². The van der Waals surface area contributed by atoms with E-state index in [-0.39, 0.29) is 12.1 Å². The van der Waals surface area contributed by atoms with E-state index in [1.54, 1.807) is 45.0 Å². The molecule has 0 aromatic heterocycles. The lowest BCUT2D eigenvalue weighted by atomic mass is 9.95. The highest BCUT2D eigenvalue weighted by Gasteiger charge is 2.31. The minimum Gasteiger partial charge on any atom is -0.459 e. The summed E-state index contributed by atoms with van der Waals surface area (Å²) in [6, 6.07) is 6.46. The molecule has 1 atom stereocenters. The Morgan fingerprint density at radius 1 is 1.21 bits per heavy atom. The lowest BCUT2D eigenvalue weighted by Crippen LogP contribution is -2.45. The van der Waals surface area contributed by atoms with Crippen molar-refractivity contribution < 1.29 is 19.1 Å². The standard InChI is InChI=1S/C17H20N2O4S/c1-9(2)22-16(21)14-10(3)18-17(24)19-15(14)12-5-7-13(8-6-12)23-11(4)20/h5-9,15H,1-4H3,(H2,18,19,24). The van der Waals surface area contributed by atoms with Crippen molar-refractivity contribution in [2.45, 2.75) is 39.8 Å². The monoisotopic (exact) mass is 348 g/mol. The Bertz CT molecular complexity index is 695. The normalized spacial score (nSPS) is 17.2. The lowest BCUT2D eigenvalue weighted by molar-refractivity contribution is -0.143. The molecule has 0 saturated heterocycles. The summed E-state index contributed by atoms with van der Waals surface area (Å²) >= 11 is 5.19. The number of esters is 2. The topological polar surface area (TPSA) is 76.7 Å². The first-order valence-corrected chi connectivity index (χ1v) is 7.96. The molecular formula is C17H20N2O4S. The highest BCUT2D eigenvalue weighted by Crippen LogP contribution is 2.29. The van der Waals surface area contributed by atoms with Crippen LogP contribution >= 0.6 is 12.2 Å². The third-order valence-electron chi connectivity index (χ3n) is 3.31. The number of allylic oxidation sites excluding steroid dienone is 1. The number of hydrogen-bond donors (Lipinski definition) is 2. The van der Waals surface area contributed by atoms with Crippen molar-refractivity contribution in [1.29, 1.82) is 0 Å². The van der Waals surface area contributed by atoms with E-state index < -0.39 is 12.0 Å². The second-order valence-corrected chi connectivity index (χ2v) is 6.10. The van der Waals surface area contributed by atoms with E-state index in [1.165, 1.54) is 6.92 Å². The minimum atomic E-state index is -0.434. The summed E-state index contributed by atoms with van der Waals surface area (Å²) < 4.78 is 10.4. The number of thiocarbonyl (C=S) groups is 1. The largest absolute Gasteiger partial charge is 0.459 e. The number of rotatable bonds is 4. The first kappa shape index (κ1) is 17.9. The molecule has 0 bridgehead atoms. The molecule has 0 saturated carbocycles. The second kappa shape index (κ2) is 7.44. The number of nitrogens with one attached hydrogen (secondary N) is 2. The summed E-state index contributed by atoms with van der Waals surface area (Å²) in [5, 5.41) is 6.46. The molecule has 0 fully saturated rings. The van der Waals surface area contributed by atoms with E-state index in [0.29, 0.717) is 22.1 Å². The summed E-state index contributed by atoms with van der Waals surface area (Å²) in [5.74, 6) is -0.352. The molecule has 6 nitrogen and oxygen atoms in total. The average Bonchev–Trinajstić information content (AvgIpc) is 2.45. The van der Waals surface area contributed by atoms with Crippen LogP contribution in [-0.2, 0) is 14.3 Å². The van der Waals surface area contributed by atoms with Crippen LogP contribution in [0.2, 0.25) is 0 Å². The van der Waals surface area contributed by atoms with Gasteiger partial charge in [-0.1, -0.05) is 12.1 Å². The van der Waals surface area contributed by atoms with Crippen LogP contribution in [0.1, 0.15) is 39.3 Å². The number of ether oxygens (including phenoxy) is 2. The van der Waals surface area contributed by atoms with Gasteiger partial charge in [0.05, 0.1) is 17.7 Å². The van der Waals surface area contributed by atoms with E-state index in [2.05, 4.69) is 10.6 Å². The molecule has 1 aliphatic heterocycles. The van der Waals surface area contributed by atoms with Crippen molar-refractivity contribution in [2.75, 3.05) is 0 Å². The van der Waals surface area contributed by atoms with Gasteiger partial charge in [-0.15, -0.1) is 0 Å². The molecule has 1 aliphatic rings. The predicted octanol–water partition coefficient (Wildman–Crippen LogP) is 2.36. The van der Waals surface area contributed by atoms with Gasteiger partial charge in [0.2, 0.25) is 0 Å². The smallest absolute Gasteiger partial charge is 0.338 e. The summed E-state index contributed by atoms with van der Waals surface area (Å²) in [7, 11) is 0. The number of carbonyl (C=O) groups is 2. The Morgan fingerprint density at radius 2 is 1.83 bits per heavy atom. The molecule has 128 valence electrons. The Balaban J connectivity index is 2.34. The minimum absolute atomic E-state index is 0.223. The van der Waals surface area contributed by atoms with Gasteiger partial charge in [-0.25, -0.2) is 4.79 Å². The Hall–Kier alpha value is -2.41. The third-order valence-corrected chi connectivity index (χ3v) is 3.53. The van der Waals surface area contributed by atoms with Crippen molar-refractivity contribution in [3.05, 3.63) is 41.1 Å². The summed E-state index contributed by atoms with van der Waals surface area (Å²) in [4.78, 5) is 23.5. The van der Waals surface area contributed by atoms with Gasteiger partial charge in [0.1, 0.15) is 5.75 Å². The van der Waals surface area contributed by atoms with E-state index in [4.69, 9.17) is 21.7 Å². The van der Waals surface area contributed by atoms with E-state index >= 15 is 0 Å². The molecule has 0 radical (unpaired) electrons. The molecule has 1 aromatic carbocycles. The third kappa shape index (κ3) is 4.32. The predicted molar refractivity (Wildman–Crippen MR) is 93.3 cm³/mol. The summed E-state index contributed by atoms with van der Waals surface area (Å²) in [6.07, 6.45) is -0.223. The SMILES string of the molecule is CC(=O)Oc1ccc(C2NC(=S)NC(C)=C2C(=O)OC(C)C)cc1. The van der Waals surface area contributed by atoms with E-state index in [9.17, 15) is 9.59 Å². The maximum atomic E-state index is 12.4. The van der Waals surface area contributed by atoms with Gasteiger partial charge in [-0.3, -0.25) is 4.79 Å². The summed E-state index contributed by atoms with van der Waals surface area (Å²) in [5.41, 5.74) is 1.93. The zero-order valence-electron chi connectivity index (χ0n) is 14.0. The van der Waals surface area contributed by atoms with Crippen LogP contribution in [0.5, 0.6) is 5.75 Å². The van der Waals surface area contributed by atoms with Crippen LogP contribution in [0.15, 0.2) is 35.5 Å². The van der Waals surface area contributed by atoms with Gasteiger partial charge in [0.25, 0.3) is 0 Å². The lowest BCUT2D eigenvalue weighted by Gasteiger charge is -2.30. The Morgan fingerprint density at radius 3 is 2.38 bits per heavy atom. The molecule has 2 rings (SSSR count). The average molecular weight is 348 g/mol. The van der Waals surface area contributed by atoms with E-state index in [1.807, 2.05) is 0 Å². The van der Waals surface area contributed by atoms with Crippen LogP contribution < -0.4 is 15.4 Å². The maximum absolute atomic E-state index is 12.4. The maximum Gasteiger partial charge on any atom is 0.338 e. The first-order chi connectivity index (χ1) is 11.3. The molecule has 2 N–H and O–H groups in total. The van der Waals surface area contributed by atoms with Gasteiger partial charge in [-0.2, -0.15) is 0 Å². The van der Waals surface area contributed by atoms with Crippen LogP contribution in [0.25, 0.3) is 0 Å². The van der Waals surface area contributed by atoms with Gasteiger partial charge < -0.3 is 20.1 Å². The van der Waals surface area contributed by atoms with Crippen LogP contribution in [0.4, 0.5) is 0 Å². The second-order valence-electron chi connectivity index (χ2n) is 5.69. The van der Waals surface area contributed by atoms with Crippen LogP contribution in [0.3, 0.4) is 0 Å². The van der Waals surface area contributed by atoms with Gasteiger partial charge in [0.15, 0.2) is 5.11 Å².